The number of hydrogen-bond acceptors (Lipinski definition) is 1. The van der Waals surface area contributed by atoms with Crippen LogP contribution in [-0.4, -0.2) is 15.9 Å². The van der Waals surface area contributed by atoms with Gasteiger partial charge < -0.3 is 5.11 Å². The van der Waals surface area contributed by atoms with E-state index in [0.29, 0.717) is 0 Å². The summed E-state index contributed by atoms with van der Waals surface area (Å²) in [5.74, 6) is 0.0822. The molecule has 0 saturated heterocycles. The molecule has 64 valence electrons. The van der Waals surface area contributed by atoms with E-state index in [1.54, 1.807) is 0 Å². The zero-order valence-electron chi connectivity index (χ0n) is 6.42. The van der Waals surface area contributed by atoms with Crippen molar-refractivity contribution in [3.05, 3.63) is 0 Å². The van der Waals surface area contributed by atoms with Crippen LogP contribution in [0.3, 0.4) is 0 Å². The molecule has 1 aliphatic rings. The van der Waals surface area contributed by atoms with E-state index < -0.39 is 5.97 Å². The highest BCUT2D eigenvalue weighted by Gasteiger charge is 2.20. The van der Waals surface area contributed by atoms with Crippen LogP contribution in [0, 0.1) is 5.92 Å². The first kappa shape index (κ1) is 9.04. The molecular weight excluding hydrogens is 208 g/mol. The summed E-state index contributed by atoms with van der Waals surface area (Å²) >= 11 is 3.12. The number of halogens is 1. The molecule has 1 aliphatic carbocycles. The largest absolute Gasteiger partial charge is 0.480 e. The van der Waals surface area contributed by atoms with Gasteiger partial charge in [-0.05, 0) is 18.8 Å². The molecule has 0 amide bonds. The second-order valence-corrected chi connectivity index (χ2v) is 4.29. The number of alkyl halides is 1. The van der Waals surface area contributed by atoms with Gasteiger partial charge in [0.05, 0.1) is 0 Å². The Labute approximate surface area is 75.1 Å². The molecule has 0 aliphatic heterocycles. The van der Waals surface area contributed by atoms with Crippen LogP contribution in [0.1, 0.15) is 32.1 Å². The Bertz CT molecular complexity index is 143. The second-order valence-electron chi connectivity index (χ2n) is 3.18. The van der Waals surface area contributed by atoms with Gasteiger partial charge in [-0.25, -0.2) is 0 Å². The van der Waals surface area contributed by atoms with E-state index in [0.717, 1.165) is 18.8 Å². The molecule has 1 N–H and O–H groups in total. The first-order valence-electron chi connectivity index (χ1n) is 4.07. The maximum absolute atomic E-state index is 10.4. The summed E-state index contributed by atoms with van der Waals surface area (Å²) < 4.78 is 0. The van der Waals surface area contributed by atoms with E-state index in [1.165, 1.54) is 19.3 Å². The smallest absolute Gasteiger partial charge is 0.317 e. The van der Waals surface area contributed by atoms with E-state index in [1.807, 2.05) is 0 Å². The minimum Gasteiger partial charge on any atom is -0.480 e. The summed E-state index contributed by atoms with van der Waals surface area (Å²) in [5, 5.41) is 8.54. The molecule has 1 unspecified atom stereocenters. The molecule has 0 spiro atoms. The number of rotatable bonds is 4. The number of aliphatic carboxylic acids is 1. The zero-order chi connectivity index (χ0) is 8.27. The van der Waals surface area contributed by atoms with Crippen molar-refractivity contribution in [2.24, 2.45) is 5.92 Å². The molecule has 0 aromatic rings. The van der Waals surface area contributed by atoms with Gasteiger partial charge in [-0.15, -0.1) is 0 Å². The zero-order valence-corrected chi connectivity index (χ0v) is 8.01. The Morgan fingerprint density at radius 1 is 1.64 bits per heavy atom. The van der Waals surface area contributed by atoms with Gasteiger partial charge >= 0.3 is 5.97 Å². The van der Waals surface area contributed by atoms with E-state index >= 15 is 0 Å². The summed E-state index contributed by atoms with van der Waals surface area (Å²) in [7, 11) is 0. The first-order chi connectivity index (χ1) is 5.20. The van der Waals surface area contributed by atoms with Crippen LogP contribution in [-0.2, 0) is 4.79 Å². The van der Waals surface area contributed by atoms with Gasteiger partial charge in [0.1, 0.15) is 4.83 Å². The van der Waals surface area contributed by atoms with Crippen molar-refractivity contribution in [3.8, 4) is 0 Å². The Morgan fingerprint density at radius 3 is 2.64 bits per heavy atom. The lowest BCUT2D eigenvalue weighted by molar-refractivity contribution is -0.136. The van der Waals surface area contributed by atoms with Crippen LogP contribution in [0.5, 0.6) is 0 Å². The molecule has 11 heavy (non-hydrogen) atoms. The van der Waals surface area contributed by atoms with Crippen LogP contribution in [0.4, 0.5) is 0 Å². The summed E-state index contributed by atoms with van der Waals surface area (Å²) in [5.41, 5.74) is 0. The van der Waals surface area contributed by atoms with Crippen LogP contribution in [0.15, 0.2) is 0 Å². The van der Waals surface area contributed by atoms with Crippen LogP contribution in [0.25, 0.3) is 0 Å². The predicted molar refractivity (Wildman–Crippen MR) is 46.9 cm³/mol. The summed E-state index contributed by atoms with van der Waals surface area (Å²) in [6, 6.07) is 0. The average molecular weight is 221 g/mol. The van der Waals surface area contributed by atoms with Crippen LogP contribution in [0.2, 0.25) is 0 Å². The molecule has 1 fully saturated rings. The Balaban J connectivity index is 2.05. The van der Waals surface area contributed by atoms with Gasteiger partial charge in [0.15, 0.2) is 0 Å². The molecule has 2 nitrogen and oxygen atoms in total. The normalized spacial score (nSPS) is 20.8. The van der Waals surface area contributed by atoms with Crippen molar-refractivity contribution in [3.63, 3.8) is 0 Å². The highest BCUT2D eigenvalue weighted by atomic mass is 79.9. The quantitative estimate of drug-likeness (QED) is 0.740. The molecule has 0 radical (unpaired) electrons. The van der Waals surface area contributed by atoms with E-state index in [4.69, 9.17) is 5.11 Å². The molecule has 0 aromatic heterocycles. The topological polar surface area (TPSA) is 37.3 Å². The lowest BCUT2D eigenvalue weighted by Gasteiger charge is -2.25. The fraction of sp³-hybridized carbons (Fsp3) is 0.875. The van der Waals surface area contributed by atoms with Gasteiger partial charge in [-0.1, -0.05) is 35.2 Å². The Morgan fingerprint density at radius 2 is 2.27 bits per heavy atom. The highest BCUT2D eigenvalue weighted by Crippen LogP contribution is 2.31. The Hall–Kier alpha value is -0.0500. The number of carbonyl (C=O) groups is 1. The van der Waals surface area contributed by atoms with Crippen molar-refractivity contribution in [1.82, 2.24) is 0 Å². The van der Waals surface area contributed by atoms with Crippen LogP contribution < -0.4 is 0 Å². The van der Waals surface area contributed by atoms with E-state index in [-0.39, 0.29) is 4.83 Å². The third-order valence-electron chi connectivity index (χ3n) is 2.32. The maximum Gasteiger partial charge on any atom is 0.317 e. The molecule has 0 bridgehead atoms. The lowest BCUT2D eigenvalue weighted by Crippen LogP contribution is -2.17. The number of carboxylic acids is 1. The van der Waals surface area contributed by atoms with Crippen molar-refractivity contribution < 1.29 is 9.90 Å². The lowest BCUT2D eigenvalue weighted by atomic mass is 9.82. The summed E-state index contributed by atoms with van der Waals surface area (Å²) in [4.78, 5) is 10.0. The van der Waals surface area contributed by atoms with Gasteiger partial charge in [0.25, 0.3) is 0 Å². The fourth-order valence-corrected chi connectivity index (χ4v) is 1.55. The molecule has 3 heteroatoms. The minimum atomic E-state index is -0.732. The SMILES string of the molecule is O=C(O)C(Br)CCC1CCC1. The number of hydrogen-bond donors (Lipinski definition) is 1. The third kappa shape index (κ3) is 2.81. The van der Waals surface area contributed by atoms with Gasteiger partial charge in [-0.3, -0.25) is 4.79 Å². The standard InChI is InChI=1S/C8H13BrO2/c9-7(8(10)11)5-4-6-2-1-3-6/h6-7H,1-5H2,(H,10,11). The second kappa shape index (κ2) is 4.10. The van der Waals surface area contributed by atoms with E-state index in [2.05, 4.69) is 15.9 Å². The van der Waals surface area contributed by atoms with Crippen LogP contribution >= 0.6 is 15.9 Å². The van der Waals surface area contributed by atoms with Crippen molar-refractivity contribution in [2.75, 3.05) is 0 Å². The van der Waals surface area contributed by atoms with Crippen molar-refractivity contribution in [2.45, 2.75) is 36.9 Å². The Kier molecular flexibility index (Phi) is 3.37. The number of carboxylic acid groups (broad SMARTS) is 1. The molecule has 0 aromatic carbocycles. The van der Waals surface area contributed by atoms with Gasteiger partial charge in [0, 0.05) is 0 Å². The molecule has 1 rings (SSSR count). The summed E-state index contributed by atoms with van der Waals surface area (Å²) in [6.45, 7) is 0. The van der Waals surface area contributed by atoms with Crippen molar-refractivity contribution in [1.29, 1.82) is 0 Å². The molecular formula is C8H13BrO2. The van der Waals surface area contributed by atoms with Gasteiger partial charge in [-0.2, -0.15) is 0 Å². The van der Waals surface area contributed by atoms with E-state index in [9.17, 15) is 4.79 Å². The first-order valence-corrected chi connectivity index (χ1v) is 4.98. The van der Waals surface area contributed by atoms with Gasteiger partial charge in [0.2, 0.25) is 0 Å². The molecule has 1 atom stereocenters. The highest BCUT2D eigenvalue weighted by molar-refractivity contribution is 9.10. The maximum atomic E-state index is 10.4. The molecule has 1 saturated carbocycles. The van der Waals surface area contributed by atoms with Crippen molar-refractivity contribution >= 4 is 21.9 Å². The third-order valence-corrected chi connectivity index (χ3v) is 3.17. The summed E-state index contributed by atoms with van der Waals surface area (Å²) in [6.07, 6.45) is 5.80. The average Bonchev–Trinajstić information content (AvgIpc) is 1.83. The molecule has 0 heterocycles. The fourth-order valence-electron chi connectivity index (χ4n) is 1.29. The minimum absolute atomic E-state index is 0.330. The predicted octanol–water partition coefficient (Wildman–Crippen LogP) is 2.41. The monoisotopic (exact) mass is 220 g/mol.